The summed E-state index contributed by atoms with van der Waals surface area (Å²) in [5.74, 6) is 1.03. The number of aromatic nitrogens is 1. The van der Waals surface area contributed by atoms with Gasteiger partial charge in [-0.3, -0.25) is 14.5 Å². The zero-order valence-corrected chi connectivity index (χ0v) is 27.5. The lowest BCUT2D eigenvalue weighted by Crippen LogP contribution is -2.29. The minimum Gasteiger partial charge on any atom is -0.493 e. The summed E-state index contributed by atoms with van der Waals surface area (Å²) in [4.78, 5) is 33.1. The number of carbonyl (C=O) groups excluding carboxylic acids is 2. The molecule has 226 valence electrons. The van der Waals surface area contributed by atoms with E-state index >= 15 is 0 Å². The second kappa shape index (κ2) is 14.9. The van der Waals surface area contributed by atoms with E-state index in [-0.39, 0.29) is 24.3 Å². The number of benzene rings is 2. The number of rotatable bonds is 11. The number of thiocarbonyl (C=S) groups is 1. The lowest BCUT2D eigenvalue weighted by atomic mass is 9.98. The van der Waals surface area contributed by atoms with Crippen LogP contribution < -0.4 is 14.8 Å². The van der Waals surface area contributed by atoms with Gasteiger partial charge in [-0.1, -0.05) is 65.7 Å². The average Bonchev–Trinajstić information content (AvgIpc) is 3.54. The number of thiazole rings is 1. The second-order valence-corrected chi connectivity index (χ2v) is 13.9. The highest BCUT2D eigenvalue weighted by Gasteiger charge is 2.31. The molecule has 2 aliphatic rings. The third-order valence-corrected chi connectivity index (χ3v) is 10.2. The summed E-state index contributed by atoms with van der Waals surface area (Å²) in [6, 6.07) is 11.2. The third-order valence-electron chi connectivity index (χ3n) is 7.15. The van der Waals surface area contributed by atoms with Crippen molar-refractivity contribution < 1.29 is 19.1 Å². The van der Waals surface area contributed by atoms with E-state index in [0.717, 1.165) is 34.6 Å². The highest BCUT2D eigenvalue weighted by Crippen LogP contribution is 2.36. The first-order valence-corrected chi connectivity index (χ1v) is 16.9. The van der Waals surface area contributed by atoms with Crippen LogP contribution in [0.3, 0.4) is 0 Å². The Hall–Kier alpha value is -2.63. The number of hydrogen-bond donors (Lipinski definition) is 1. The summed E-state index contributed by atoms with van der Waals surface area (Å²) < 4.78 is 12.3. The van der Waals surface area contributed by atoms with E-state index in [0.29, 0.717) is 49.5 Å². The molecule has 0 radical (unpaired) electrons. The maximum atomic E-state index is 13.1. The zero-order chi connectivity index (χ0) is 30.3. The predicted octanol–water partition coefficient (Wildman–Crippen LogP) is 8.38. The van der Waals surface area contributed by atoms with Crippen molar-refractivity contribution >= 4 is 85.9 Å². The van der Waals surface area contributed by atoms with Crippen molar-refractivity contribution in [3.63, 3.8) is 0 Å². The molecular formula is C31H31Cl2N3O4S3. The van der Waals surface area contributed by atoms with Crippen molar-refractivity contribution in [2.75, 3.05) is 19.0 Å². The van der Waals surface area contributed by atoms with Crippen molar-refractivity contribution in [2.24, 2.45) is 0 Å². The van der Waals surface area contributed by atoms with Gasteiger partial charge in [0.2, 0.25) is 5.91 Å². The van der Waals surface area contributed by atoms with Gasteiger partial charge >= 0.3 is 0 Å². The Morgan fingerprint density at radius 1 is 1.14 bits per heavy atom. The molecule has 2 aromatic carbocycles. The molecule has 43 heavy (non-hydrogen) atoms. The number of nitrogens with one attached hydrogen (secondary N) is 1. The third kappa shape index (κ3) is 8.51. The van der Waals surface area contributed by atoms with Gasteiger partial charge in [-0.05, 0) is 73.6 Å². The maximum absolute atomic E-state index is 13.1. The predicted molar refractivity (Wildman–Crippen MR) is 180 cm³/mol. The number of anilines is 1. The van der Waals surface area contributed by atoms with Crippen molar-refractivity contribution in [3.8, 4) is 11.5 Å². The first kappa shape index (κ1) is 31.8. The molecule has 1 N–H and O–H groups in total. The largest absolute Gasteiger partial charge is 0.493 e. The number of carbonyl (C=O) groups is 2. The molecule has 1 saturated heterocycles. The van der Waals surface area contributed by atoms with Gasteiger partial charge in [0.15, 0.2) is 16.6 Å². The molecule has 0 bridgehead atoms. The fraction of sp³-hybridized carbons (Fsp3) is 0.355. The van der Waals surface area contributed by atoms with Gasteiger partial charge in [0, 0.05) is 30.5 Å². The highest BCUT2D eigenvalue weighted by molar-refractivity contribution is 8.26. The van der Waals surface area contributed by atoms with Gasteiger partial charge in [-0.25, -0.2) is 4.98 Å². The van der Waals surface area contributed by atoms with Crippen LogP contribution in [0.2, 0.25) is 10.0 Å². The molecule has 3 aromatic rings. The molecule has 0 spiro atoms. The van der Waals surface area contributed by atoms with E-state index in [4.69, 9.17) is 44.9 Å². The van der Waals surface area contributed by atoms with Crippen LogP contribution >= 0.6 is 58.5 Å². The molecule has 1 saturated carbocycles. The molecule has 5 rings (SSSR count). The summed E-state index contributed by atoms with van der Waals surface area (Å²) >= 11 is 20.3. The Morgan fingerprint density at radius 2 is 1.95 bits per heavy atom. The van der Waals surface area contributed by atoms with E-state index in [1.54, 1.807) is 24.3 Å². The van der Waals surface area contributed by atoms with Crippen molar-refractivity contribution in [2.45, 2.75) is 57.5 Å². The highest BCUT2D eigenvalue weighted by atomic mass is 35.5. The number of methoxy groups -OCH3 is 1. The quantitative estimate of drug-likeness (QED) is 0.161. The van der Waals surface area contributed by atoms with Crippen LogP contribution in [-0.4, -0.2) is 45.8 Å². The zero-order valence-electron chi connectivity index (χ0n) is 23.6. The Kier molecular flexibility index (Phi) is 11.0. The van der Waals surface area contributed by atoms with E-state index in [2.05, 4.69) is 10.3 Å². The number of ether oxygens (including phenoxy) is 2. The van der Waals surface area contributed by atoms with Gasteiger partial charge in [-0.15, -0.1) is 11.3 Å². The Morgan fingerprint density at radius 3 is 2.72 bits per heavy atom. The molecule has 7 nitrogen and oxygen atoms in total. The second-order valence-electron chi connectivity index (χ2n) is 10.3. The number of nitrogens with zero attached hydrogens (tertiary/aromatic N) is 2. The fourth-order valence-corrected chi connectivity index (χ4v) is 7.45. The van der Waals surface area contributed by atoms with Crippen LogP contribution in [0.1, 0.15) is 60.9 Å². The van der Waals surface area contributed by atoms with Gasteiger partial charge in [0.25, 0.3) is 5.91 Å². The van der Waals surface area contributed by atoms with Crippen molar-refractivity contribution in [1.82, 2.24) is 9.88 Å². The van der Waals surface area contributed by atoms with Gasteiger partial charge in [-0.2, -0.15) is 0 Å². The Balaban J connectivity index is 1.11. The van der Waals surface area contributed by atoms with Crippen LogP contribution in [-0.2, 0) is 16.0 Å². The SMILES string of the molecule is COc1cc(/C=C2\SC(=S)N(CCCC(=O)Nc3ncc(Cc4ccc(Cl)c(Cl)c4)s3)C2=O)ccc1OC1CCCCC1. The first-order chi connectivity index (χ1) is 20.8. The molecule has 1 aliphatic heterocycles. The molecule has 12 heteroatoms. The molecule has 1 aliphatic carbocycles. The molecular weight excluding hydrogens is 645 g/mol. The van der Waals surface area contributed by atoms with Gasteiger partial charge in [0.05, 0.1) is 28.2 Å². The number of hydrogen-bond acceptors (Lipinski definition) is 8. The molecule has 1 aromatic heterocycles. The number of thioether (sulfide) groups is 1. The smallest absolute Gasteiger partial charge is 0.266 e. The number of halogens is 2. The van der Waals surface area contributed by atoms with E-state index in [9.17, 15) is 9.59 Å². The normalized spacial score (nSPS) is 16.6. The van der Waals surface area contributed by atoms with Crippen LogP contribution in [0.25, 0.3) is 6.08 Å². The lowest BCUT2D eigenvalue weighted by Gasteiger charge is -2.24. The Bertz CT molecular complexity index is 1540. The van der Waals surface area contributed by atoms with E-state index in [1.165, 1.54) is 42.4 Å². The summed E-state index contributed by atoms with van der Waals surface area (Å²) in [7, 11) is 1.62. The van der Waals surface area contributed by atoms with Gasteiger partial charge in [0.1, 0.15) is 4.32 Å². The summed E-state index contributed by atoms with van der Waals surface area (Å²) in [5, 5.41) is 4.38. The topological polar surface area (TPSA) is 80.8 Å². The van der Waals surface area contributed by atoms with Gasteiger partial charge < -0.3 is 14.8 Å². The minimum atomic E-state index is -0.168. The first-order valence-electron chi connectivity index (χ1n) is 14.1. The Labute approximate surface area is 274 Å². The summed E-state index contributed by atoms with van der Waals surface area (Å²) in [6.45, 7) is 0.355. The van der Waals surface area contributed by atoms with E-state index < -0.39 is 0 Å². The van der Waals surface area contributed by atoms with Crippen LogP contribution in [0.4, 0.5) is 5.13 Å². The van der Waals surface area contributed by atoms with Crippen LogP contribution in [0.5, 0.6) is 11.5 Å². The maximum Gasteiger partial charge on any atom is 0.266 e. The van der Waals surface area contributed by atoms with Crippen molar-refractivity contribution in [3.05, 3.63) is 73.5 Å². The van der Waals surface area contributed by atoms with Crippen molar-refractivity contribution in [1.29, 1.82) is 0 Å². The van der Waals surface area contributed by atoms with E-state index in [1.807, 2.05) is 36.4 Å². The van der Waals surface area contributed by atoms with Crippen LogP contribution in [0.15, 0.2) is 47.5 Å². The fourth-order valence-electron chi connectivity index (χ4n) is 4.96. The average molecular weight is 677 g/mol. The molecule has 0 unspecified atom stereocenters. The molecule has 2 amide bonds. The minimum absolute atomic E-state index is 0.163. The summed E-state index contributed by atoms with van der Waals surface area (Å²) in [5.41, 5.74) is 1.84. The molecule has 0 atom stereocenters. The molecule has 2 heterocycles. The number of amides is 2. The molecule has 2 fully saturated rings. The van der Waals surface area contributed by atoms with Crippen LogP contribution in [0, 0.1) is 0 Å². The monoisotopic (exact) mass is 675 g/mol. The lowest BCUT2D eigenvalue weighted by molar-refractivity contribution is -0.122. The summed E-state index contributed by atoms with van der Waals surface area (Å²) in [6.07, 6.45) is 10.9. The standard InChI is InChI=1S/C31H31Cl2N3O4S3/c1-39-26-16-20(10-12-25(26)40-21-6-3-2-4-7-21)17-27-29(38)36(31(41)43-27)13-5-8-28(37)35-30-34-18-22(42-30)14-19-9-11-23(32)24(33)15-19/h9-12,15-18,21H,2-8,13-14H2,1H3,(H,34,35,37)/b27-17-.